The largest absolute Gasteiger partial charge is 0.456 e. The Hall–Kier alpha value is -0.790. The van der Waals surface area contributed by atoms with E-state index in [1.807, 2.05) is 6.92 Å². The monoisotopic (exact) mass is 282 g/mol. The molecule has 20 heavy (non-hydrogen) atoms. The van der Waals surface area contributed by atoms with Crippen LogP contribution in [-0.4, -0.2) is 11.6 Å². The standard InChI is InChI=1S/C18H34O2/c1-7-9-10-11-12-13-16(5)14-18(6,8-2)20-17(19)15(3)4/h16H,3,7-14H2,1-2,4-6H3. The van der Waals surface area contributed by atoms with Crippen molar-refractivity contribution >= 4 is 5.97 Å². The van der Waals surface area contributed by atoms with Crippen LogP contribution in [0.25, 0.3) is 0 Å². The van der Waals surface area contributed by atoms with E-state index in [1.165, 1.54) is 38.5 Å². The third-order valence-corrected chi connectivity index (χ3v) is 4.02. The van der Waals surface area contributed by atoms with Gasteiger partial charge in [-0.05, 0) is 32.6 Å². The molecule has 2 heteroatoms. The van der Waals surface area contributed by atoms with E-state index in [9.17, 15) is 4.79 Å². The van der Waals surface area contributed by atoms with E-state index in [1.54, 1.807) is 6.92 Å². The maximum atomic E-state index is 11.7. The van der Waals surface area contributed by atoms with E-state index in [0.29, 0.717) is 11.5 Å². The van der Waals surface area contributed by atoms with Crippen LogP contribution in [0.5, 0.6) is 0 Å². The number of rotatable bonds is 11. The first-order valence-electron chi connectivity index (χ1n) is 8.23. The van der Waals surface area contributed by atoms with Crippen LogP contribution in [0.2, 0.25) is 0 Å². The minimum Gasteiger partial charge on any atom is -0.456 e. The number of unbranched alkanes of at least 4 members (excludes halogenated alkanes) is 4. The lowest BCUT2D eigenvalue weighted by molar-refractivity contribution is -0.155. The van der Waals surface area contributed by atoms with Crippen molar-refractivity contribution in [3.8, 4) is 0 Å². The lowest BCUT2D eigenvalue weighted by Gasteiger charge is -2.31. The number of esters is 1. The Morgan fingerprint density at radius 2 is 1.80 bits per heavy atom. The lowest BCUT2D eigenvalue weighted by Crippen LogP contribution is -2.33. The molecule has 0 radical (unpaired) electrons. The normalized spacial score (nSPS) is 15.4. The van der Waals surface area contributed by atoms with Gasteiger partial charge in [0.25, 0.3) is 0 Å². The highest BCUT2D eigenvalue weighted by Gasteiger charge is 2.28. The van der Waals surface area contributed by atoms with Gasteiger partial charge in [-0.3, -0.25) is 0 Å². The number of hydrogen-bond acceptors (Lipinski definition) is 2. The molecule has 2 atom stereocenters. The highest BCUT2D eigenvalue weighted by Crippen LogP contribution is 2.28. The Labute approximate surface area is 126 Å². The Balaban J connectivity index is 4.12. The van der Waals surface area contributed by atoms with E-state index < -0.39 is 0 Å². The van der Waals surface area contributed by atoms with E-state index in [0.717, 1.165) is 12.8 Å². The topological polar surface area (TPSA) is 26.3 Å². The van der Waals surface area contributed by atoms with E-state index in [4.69, 9.17) is 4.74 Å². The van der Waals surface area contributed by atoms with Gasteiger partial charge in [-0.25, -0.2) is 4.79 Å². The molecule has 0 amide bonds. The van der Waals surface area contributed by atoms with Gasteiger partial charge in [-0.1, -0.05) is 65.9 Å². The zero-order valence-corrected chi connectivity index (χ0v) is 14.3. The van der Waals surface area contributed by atoms with Crippen molar-refractivity contribution in [1.29, 1.82) is 0 Å². The van der Waals surface area contributed by atoms with Crippen LogP contribution in [0.1, 0.15) is 86.0 Å². The van der Waals surface area contributed by atoms with Gasteiger partial charge in [0, 0.05) is 5.57 Å². The van der Waals surface area contributed by atoms with Gasteiger partial charge in [0.2, 0.25) is 0 Å². The van der Waals surface area contributed by atoms with Gasteiger partial charge in [-0.2, -0.15) is 0 Å². The molecule has 0 aromatic rings. The van der Waals surface area contributed by atoms with E-state index in [2.05, 4.69) is 27.4 Å². The molecule has 0 saturated heterocycles. The summed E-state index contributed by atoms with van der Waals surface area (Å²) in [6.07, 6.45) is 9.62. The Bertz CT molecular complexity index is 296. The molecule has 0 aromatic carbocycles. The van der Waals surface area contributed by atoms with Crippen molar-refractivity contribution in [2.75, 3.05) is 0 Å². The van der Waals surface area contributed by atoms with Crippen LogP contribution in [0.15, 0.2) is 12.2 Å². The van der Waals surface area contributed by atoms with Gasteiger partial charge < -0.3 is 4.74 Å². The fourth-order valence-corrected chi connectivity index (χ4v) is 2.50. The number of carbonyl (C=O) groups is 1. The molecule has 2 nitrogen and oxygen atoms in total. The Morgan fingerprint density at radius 3 is 2.30 bits per heavy atom. The molecule has 0 aliphatic heterocycles. The van der Waals surface area contributed by atoms with Crippen LogP contribution in [0, 0.1) is 5.92 Å². The van der Waals surface area contributed by atoms with Crippen molar-refractivity contribution in [2.45, 2.75) is 91.6 Å². The molecule has 0 heterocycles. The summed E-state index contributed by atoms with van der Waals surface area (Å²) in [7, 11) is 0. The highest BCUT2D eigenvalue weighted by atomic mass is 16.6. The maximum absolute atomic E-state index is 11.7. The van der Waals surface area contributed by atoms with Crippen LogP contribution in [-0.2, 0) is 9.53 Å². The molecule has 0 saturated carbocycles. The number of carbonyl (C=O) groups excluding carboxylic acids is 1. The van der Waals surface area contributed by atoms with Crippen molar-refractivity contribution in [3.63, 3.8) is 0 Å². The fraction of sp³-hybridized carbons (Fsp3) is 0.833. The van der Waals surface area contributed by atoms with Crippen LogP contribution in [0.4, 0.5) is 0 Å². The second-order valence-electron chi connectivity index (χ2n) is 6.49. The summed E-state index contributed by atoms with van der Waals surface area (Å²) in [5.41, 5.74) is 0.135. The van der Waals surface area contributed by atoms with Crippen molar-refractivity contribution < 1.29 is 9.53 Å². The predicted octanol–water partition coefficient (Wildman–Crippen LogP) is 5.66. The smallest absolute Gasteiger partial charge is 0.333 e. The second-order valence-corrected chi connectivity index (χ2v) is 6.49. The number of ether oxygens (including phenoxy) is 1. The molecule has 0 N–H and O–H groups in total. The average molecular weight is 282 g/mol. The highest BCUT2D eigenvalue weighted by molar-refractivity contribution is 5.87. The third-order valence-electron chi connectivity index (χ3n) is 4.02. The van der Waals surface area contributed by atoms with Gasteiger partial charge in [-0.15, -0.1) is 0 Å². The molecule has 0 aliphatic carbocycles. The fourth-order valence-electron chi connectivity index (χ4n) is 2.50. The maximum Gasteiger partial charge on any atom is 0.333 e. The summed E-state index contributed by atoms with van der Waals surface area (Å²) >= 11 is 0. The molecular formula is C18H34O2. The molecular weight excluding hydrogens is 248 g/mol. The van der Waals surface area contributed by atoms with Gasteiger partial charge in [0.1, 0.15) is 5.60 Å². The summed E-state index contributed by atoms with van der Waals surface area (Å²) in [6, 6.07) is 0. The quantitative estimate of drug-likeness (QED) is 0.277. The van der Waals surface area contributed by atoms with Crippen molar-refractivity contribution in [1.82, 2.24) is 0 Å². The van der Waals surface area contributed by atoms with E-state index in [-0.39, 0.29) is 11.6 Å². The Kier molecular flexibility index (Phi) is 9.62. The average Bonchev–Trinajstić information content (AvgIpc) is 2.38. The van der Waals surface area contributed by atoms with Gasteiger partial charge >= 0.3 is 5.97 Å². The summed E-state index contributed by atoms with van der Waals surface area (Å²) in [6.45, 7) is 14.0. The first kappa shape index (κ1) is 19.2. The minimum absolute atomic E-state index is 0.260. The van der Waals surface area contributed by atoms with Gasteiger partial charge in [0.15, 0.2) is 0 Å². The molecule has 0 bridgehead atoms. The predicted molar refractivity (Wildman–Crippen MR) is 86.8 cm³/mol. The second kappa shape index (κ2) is 10.0. The molecule has 0 fully saturated rings. The summed E-state index contributed by atoms with van der Waals surface area (Å²) < 4.78 is 5.63. The molecule has 0 spiro atoms. The first-order valence-corrected chi connectivity index (χ1v) is 8.23. The number of hydrogen-bond donors (Lipinski definition) is 0. The lowest BCUT2D eigenvalue weighted by atomic mass is 9.87. The minimum atomic E-state index is -0.348. The van der Waals surface area contributed by atoms with Crippen molar-refractivity contribution in [2.24, 2.45) is 5.92 Å². The van der Waals surface area contributed by atoms with Gasteiger partial charge in [0.05, 0.1) is 0 Å². The zero-order chi connectivity index (χ0) is 15.6. The molecule has 0 rings (SSSR count). The summed E-state index contributed by atoms with van der Waals surface area (Å²) in [5, 5.41) is 0. The third kappa shape index (κ3) is 8.39. The van der Waals surface area contributed by atoms with E-state index >= 15 is 0 Å². The Morgan fingerprint density at radius 1 is 1.20 bits per heavy atom. The molecule has 118 valence electrons. The molecule has 0 aliphatic rings. The van der Waals surface area contributed by atoms with Crippen LogP contribution < -0.4 is 0 Å². The SMILES string of the molecule is C=C(C)C(=O)OC(C)(CC)CC(C)CCCCCCC. The zero-order valence-electron chi connectivity index (χ0n) is 14.3. The van der Waals surface area contributed by atoms with Crippen LogP contribution in [0.3, 0.4) is 0 Å². The van der Waals surface area contributed by atoms with Crippen LogP contribution >= 0.6 is 0 Å². The first-order chi connectivity index (χ1) is 9.34. The molecule has 2 unspecified atom stereocenters. The summed E-state index contributed by atoms with van der Waals surface area (Å²) in [4.78, 5) is 11.7. The molecule has 0 aromatic heterocycles. The van der Waals surface area contributed by atoms with Crippen molar-refractivity contribution in [3.05, 3.63) is 12.2 Å². The summed E-state index contributed by atoms with van der Waals surface area (Å²) in [5.74, 6) is 0.337.